The van der Waals surface area contributed by atoms with Crippen molar-refractivity contribution in [1.29, 1.82) is 0 Å². The zero-order valence-electron chi connectivity index (χ0n) is 18.7. The first-order chi connectivity index (χ1) is 15.7. The van der Waals surface area contributed by atoms with Gasteiger partial charge in [-0.2, -0.15) is 4.31 Å². The highest BCUT2D eigenvalue weighted by Gasteiger charge is 2.37. The Labute approximate surface area is 192 Å². The molecule has 3 aromatic rings. The maximum absolute atomic E-state index is 13.5. The summed E-state index contributed by atoms with van der Waals surface area (Å²) >= 11 is 0. The second-order valence-corrected chi connectivity index (χ2v) is 10.1. The quantitative estimate of drug-likeness (QED) is 0.582. The van der Waals surface area contributed by atoms with Crippen LogP contribution in [-0.4, -0.2) is 42.0 Å². The van der Waals surface area contributed by atoms with Gasteiger partial charge < -0.3 is 14.4 Å². The van der Waals surface area contributed by atoms with Crippen LogP contribution in [0.2, 0.25) is 0 Å². The summed E-state index contributed by atoms with van der Waals surface area (Å²) in [6.45, 7) is 5.71. The van der Waals surface area contributed by atoms with Crippen LogP contribution in [0.4, 0.5) is 5.82 Å². The van der Waals surface area contributed by atoms with E-state index in [2.05, 4.69) is 15.6 Å². The molecule has 0 radical (unpaired) electrons. The van der Waals surface area contributed by atoms with E-state index in [0.29, 0.717) is 31.0 Å². The Morgan fingerprint density at radius 1 is 1.12 bits per heavy atom. The Morgan fingerprint density at radius 3 is 2.58 bits per heavy atom. The number of hydrogen-bond acceptors (Lipinski definition) is 7. The highest BCUT2D eigenvalue weighted by Crippen LogP contribution is 2.29. The number of nitrogens with one attached hydrogen (secondary N) is 1. The maximum Gasteiger partial charge on any atom is 0.248 e. The fourth-order valence-corrected chi connectivity index (χ4v) is 5.58. The number of hydrogen-bond donors (Lipinski definition) is 1. The van der Waals surface area contributed by atoms with Crippen LogP contribution in [0.3, 0.4) is 0 Å². The molecule has 1 saturated heterocycles. The minimum Gasteiger partial charge on any atom is -0.360 e. The van der Waals surface area contributed by atoms with Crippen LogP contribution in [0.15, 0.2) is 44.3 Å². The molecular formula is C23H26N4O5S. The average molecular weight is 471 g/mol. The minimum atomic E-state index is -3.91. The van der Waals surface area contributed by atoms with Gasteiger partial charge in [-0.3, -0.25) is 4.79 Å². The Balaban J connectivity index is 1.53. The number of amides is 1. The number of rotatable bonds is 6. The number of anilines is 1. The molecule has 4 rings (SSSR count). The predicted octanol–water partition coefficient (Wildman–Crippen LogP) is 3.80. The fourth-order valence-electron chi connectivity index (χ4n) is 3.81. The Kier molecular flexibility index (Phi) is 6.48. The van der Waals surface area contributed by atoms with E-state index in [1.807, 2.05) is 31.2 Å². The lowest BCUT2D eigenvalue weighted by Crippen LogP contribution is -2.43. The van der Waals surface area contributed by atoms with Crippen LogP contribution < -0.4 is 5.32 Å². The van der Waals surface area contributed by atoms with Crippen molar-refractivity contribution in [2.24, 2.45) is 5.92 Å². The molecule has 1 fully saturated rings. The molecule has 2 aromatic heterocycles. The number of carbonyl (C=O) groups is 1. The second-order valence-electron chi connectivity index (χ2n) is 8.22. The molecule has 9 nitrogen and oxygen atoms in total. The standard InChI is InChI=1S/C23H26N4O5S/c1-15-6-8-18(9-7-15)10-11-20-22(17(3)25-32-20)33(29,30)27-12-4-5-19(14-27)23(28)24-21-13-16(2)31-26-21/h6-11,13,19H,4-5,12,14H2,1-3H3,(H,24,26,28)/b11-10+. The van der Waals surface area contributed by atoms with E-state index >= 15 is 0 Å². The number of piperidine rings is 1. The summed E-state index contributed by atoms with van der Waals surface area (Å²) in [5.41, 5.74) is 2.33. The van der Waals surface area contributed by atoms with Gasteiger partial charge in [0, 0.05) is 19.2 Å². The molecule has 0 spiro atoms. The van der Waals surface area contributed by atoms with Crippen molar-refractivity contribution >= 4 is 33.9 Å². The van der Waals surface area contributed by atoms with Crippen LogP contribution in [0.1, 0.15) is 41.2 Å². The number of sulfonamides is 1. The van der Waals surface area contributed by atoms with Crippen molar-refractivity contribution in [3.8, 4) is 0 Å². The molecule has 0 bridgehead atoms. The van der Waals surface area contributed by atoms with Crippen LogP contribution >= 0.6 is 0 Å². The molecule has 1 atom stereocenters. The van der Waals surface area contributed by atoms with E-state index in [1.165, 1.54) is 4.31 Å². The fraction of sp³-hybridized carbons (Fsp3) is 0.348. The van der Waals surface area contributed by atoms with Crippen molar-refractivity contribution in [1.82, 2.24) is 14.6 Å². The van der Waals surface area contributed by atoms with Crippen LogP contribution in [0.25, 0.3) is 12.2 Å². The average Bonchev–Trinajstić information content (AvgIpc) is 3.38. The van der Waals surface area contributed by atoms with Crippen LogP contribution in [0.5, 0.6) is 0 Å². The van der Waals surface area contributed by atoms with E-state index in [4.69, 9.17) is 9.05 Å². The number of benzene rings is 1. The van der Waals surface area contributed by atoms with Gasteiger partial charge in [-0.25, -0.2) is 8.42 Å². The van der Waals surface area contributed by atoms with Crippen LogP contribution in [-0.2, 0) is 14.8 Å². The smallest absolute Gasteiger partial charge is 0.248 e. The van der Waals surface area contributed by atoms with E-state index < -0.39 is 15.9 Å². The van der Waals surface area contributed by atoms with E-state index in [1.54, 1.807) is 32.1 Å². The third-order valence-corrected chi connectivity index (χ3v) is 7.59. The Bertz CT molecular complexity index is 1270. The summed E-state index contributed by atoms with van der Waals surface area (Å²) in [5.74, 6) is 0.267. The second kappa shape index (κ2) is 9.32. The Morgan fingerprint density at radius 2 is 1.88 bits per heavy atom. The van der Waals surface area contributed by atoms with Gasteiger partial charge in [0.25, 0.3) is 0 Å². The SMILES string of the molecule is Cc1ccc(/C=C/c2onc(C)c2S(=O)(=O)N2CCCC(C(=O)Nc3cc(C)on3)C2)cc1. The van der Waals surface area contributed by atoms with Crippen molar-refractivity contribution < 1.29 is 22.3 Å². The lowest BCUT2D eigenvalue weighted by atomic mass is 9.99. The summed E-state index contributed by atoms with van der Waals surface area (Å²) in [7, 11) is -3.91. The monoisotopic (exact) mass is 470 g/mol. The number of carbonyl (C=O) groups excluding carboxylic acids is 1. The van der Waals surface area contributed by atoms with E-state index in [9.17, 15) is 13.2 Å². The van der Waals surface area contributed by atoms with Gasteiger partial charge in [-0.1, -0.05) is 46.2 Å². The number of nitrogens with zero attached hydrogens (tertiary/aromatic N) is 3. The lowest BCUT2D eigenvalue weighted by molar-refractivity contribution is -0.120. The summed E-state index contributed by atoms with van der Waals surface area (Å²) < 4.78 is 38.7. The number of aromatic nitrogens is 2. The zero-order valence-corrected chi connectivity index (χ0v) is 19.6. The first-order valence-electron chi connectivity index (χ1n) is 10.7. The van der Waals surface area contributed by atoms with E-state index in [0.717, 1.165) is 11.1 Å². The van der Waals surface area contributed by atoms with Gasteiger partial charge >= 0.3 is 0 Å². The highest BCUT2D eigenvalue weighted by atomic mass is 32.2. The van der Waals surface area contributed by atoms with Gasteiger partial charge in [0.15, 0.2) is 16.5 Å². The van der Waals surface area contributed by atoms with Gasteiger partial charge in [0.1, 0.15) is 11.5 Å². The maximum atomic E-state index is 13.5. The summed E-state index contributed by atoms with van der Waals surface area (Å²) in [4.78, 5) is 12.7. The summed E-state index contributed by atoms with van der Waals surface area (Å²) in [5, 5.41) is 10.3. The first-order valence-corrected chi connectivity index (χ1v) is 12.1. The number of aryl methyl sites for hydroxylation is 3. The zero-order chi connectivity index (χ0) is 23.6. The van der Waals surface area contributed by atoms with Crippen molar-refractivity contribution in [3.05, 3.63) is 58.7 Å². The third kappa shape index (κ3) is 5.07. The van der Waals surface area contributed by atoms with Gasteiger partial charge in [0.2, 0.25) is 15.9 Å². The molecule has 10 heteroatoms. The minimum absolute atomic E-state index is 0.0269. The molecule has 1 N–H and O–H groups in total. The summed E-state index contributed by atoms with van der Waals surface area (Å²) in [6.07, 6.45) is 4.54. The molecule has 1 aliphatic heterocycles. The molecular weight excluding hydrogens is 444 g/mol. The predicted molar refractivity (Wildman–Crippen MR) is 123 cm³/mol. The van der Waals surface area contributed by atoms with Crippen molar-refractivity contribution in [3.63, 3.8) is 0 Å². The molecule has 1 aliphatic rings. The topological polar surface area (TPSA) is 119 Å². The molecule has 1 unspecified atom stereocenters. The normalized spacial score (nSPS) is 17.5. The largest absolute Gasteiger partial charge is 0.360 e. The Hall–Kier alpha value is -3.24. The van der Waals surface area contributed by atoms with Crippen LogP contribution in [0, 0.1) is 26.7 Å². The molecule has 1 aromatic carbocycles. The molecule has 0 saturated carbocycles. The molecule has 3 heterocycles. The molecule has 33 heavy (non-hydrogen) atoms. The van der Waals surface area contributed by atoms with Gasteiger partial charge in [-0.15, -0.1) is 0 Å². The summed E-state index contributed by atoms with van der Waals surface area (Å²) in [6, 6.07) is 9.44. The van der Waals surface area contributed by atoms with Gasteiger partial charge in [-0.05, 0) is 45.3 Å². The van der Waals surface area contributed by atoms with Crippen molar-refractivity contribution in [2.45, 2.75) is 38.5 Å². The molecule has 1 amide bonds. The lowest BCUT2D eigenvalue weighted by Gasteiger charge is -2.30. The van der Waals surface area contributed by atoms with E-state index in [-0.39, 0.29) is 28.8 Å². The third-order valence-electron chi connectivity index (χ3n) is 5.57. The van der Waals surface area contributed by atoms with Gasteiger partial charge in [0.05, 0.1) is 5.92 Å². The molecule has 174 valence electrons. The van der Waals surface area contributed by atoms with Crippen molar-refractivity contribution in [2.75, 3.05) is 18.4 Å². The molecule has 0 aliphatic carbocycles. The first kappa shape index (κ1) is 22.9. The highest BCUT2D eigenvalue weighted by molar-refractivity contribution is 7.89.